The summed E-state index contributed by atoms with van der Waals surface area (Å²) in [6.07, 6.45) is -4.40. The lowest BCUT2D eigenvalue weighted by Crippen LogP contribution is -2.11. The number of hydrogen-bond acceptors (Lipinski definition) is 1. The van der Waals surface area contributed by atoms with Crippen LogP contribution in [-0.4, -0.2) is 0 Å². The second-order valence-electron chi connectivity index (χ2n) is 4.47. The molecule has 0 spiro atoms. The third-order valence-electron chi connectivity index (χ3n) is 3.01. The predicted octanol–water partition coefficient (Wildman–Crippen LogP) is 4.77. The van der Waals surface area contributed by atoms with E-state index in [1.54, 1.807) is 13.0 Å². The Bertz CT molecular complexity index is 605. The molecule has 0 unspecified atom stereocenters. The van der Waals surface area contributed by atoms with Gasteiger partial charge in [-0.05, 0) is 42.3 Å². The van der Waals surface area contributed by atoms with Crippen LogP contribution in [0, 0.1) is 12.7 Å². The SMILES string of the molecule is Cc1cc(F)ccc1CNc1ccccc1C(F)(F)F. The Balaban J connectivity index is 2.19. The maximum atomic E-state index is 13.0. The molecule has 2 aromatic rings. The first kappa shape index (κ1) is 14.4. The largest absolute Gasteiger partial charge is 0.418 e. The Hall–Kier alpha value is -2.04. The Morgan fingerprint density at radius 3 is 2.40 bits per heavy atom. The van der Waals surface area contributed by atoms with Gasteiger partial charge in [-0.15, -0.1) is 0 Å². The molecule has 20 heavy (non-hydrogen) atoms. The van der Waals surface area contributed by atoms with Gasteiger partial charge in [-0.1, -0.05) is 18.2 Å². The summed E-state index contributed by atoms with van der Waals surface area (Å²) in [6, 6.07) is 9.49. The fourth-order valence-electron chi connectivity index (χ4n) is 1.93. The minimum absolute atomic E-state index is 0.0173. The quantitative estimate of drug-likeness (QED) is 0.800. The van der Waals surface area contributed by atoms with Crippen LogP contribution in [0.3, 0.4) is 0 Å². The zero-order chi connectivity index (χ0) is 14.8. The molecule has 0 saturated heterocycles. The van der Waals surface area contributed by atoms with Crippen LogP contribution in [0.5, 0.6) is 0 Å². The van der Waals surface area contributed by atoms with E-state index in [4.69, 9.17) is 0 Å². The molecule has 5 heteroatoms. The molecule has 0 aliphatic heterocycles. The third-order valence-corrected chi connectivity index (χ3v) is 3.01. The standard InChI is InChI=1S/C15H13F4N/c1-10-8-12(16)7-6-11(10)9-20-14-5-3-2-4-13(14)15(17,18)19/h2-8,20H,9H2,1H3. The van der Waals surface area contributed by atoms with Crippen LogP contribution >= 0.6 is 0 Å². The van der Waals surface area contributed by atoms with E-state index in [-0.39, 0.29) is 18.0 Å². The molecule has 0 saturated carbocycles. The van der Waals surface area contributed by atoms with Crippen molar-refractivity contribution in [1.82, 2.24) is 0 Å². The summed E-state index contributed by atoms with van der Waals surface area (Å²) in [7, 11) is 0. The smallest absolute Gasteiger partial charge is 0.380 e. The van der Waals surface area contributed by atoms with Crippen molar-refractivity contribution in [3.05, 3.63) is 65.0 Å². The van der Waals surface area contributed by atoms with Gasteiger partial charge < -0.3 is 5.32 Å². The highest BCUT2D eigenvalue weighted by Crippen LogP contribution is 2.34. The van der Waals surface area contributed by atoms with Gasteiger partial charge in [-0.25, -0.2) is 4.39 Å². The van der Waals surface area contributed by atoms with E-state index < -0.39 is 11.7 Å². The van der Waals surface area contributed by atoms with Crippen molar-refractivity contribution in [3.63, 3.8) is 0 Å². The highest BCUT2D eigenvalue weighted by molar-refractivity contribution is 5.53. The van der Waals surface area contributed by atoms with Crippen molar-refractivity contribution >= 4 is 5.69 Å². The lowest BCUT2D eigenvalue weighted by Gasteiger charge is -2.15. The van der Waals surface area contributed by atoms with E-state index in [9.17, 15) is 17.6 Å². The predicted molar refractivity (Wildman–Crippen MR) is 69.9 cm³/mol. The Morgan fingerprint density at radius 2 is 1.75 bits per heavy atom. The first-order chi connectivity index (χ1) is 9.38. The van der Waals surface area contributed by atoms with E-state index in [1.165, 1.54) is 30.3 Å². The van der Waals surface area contributed by atoms with Crippen LogP contribution in [0.2, 0.25) is 0 Å². The molecule has 2 rings (SSSR count). The van der Waals surface area contributed by atoms with Crippen LogP contribution in [0.4, 0.5) is 23.2 Å². The number of hydrogen-bond donors (Lipinski definition) is 1. The van der Waals surface area contributed by atoms with Crippen LogP contribution in [0.1, 0.15) is 16.7 Å². The van der Waals surface area contributed by atoms with Gasteiger partial charge in [0.05, 0.1) is 5.56 Å². The summed E-state index contributed by atoms with van der Waals surface area (Å²) in [5, 5.41) is 2.75. The number of aryl methyl sites for hydroxylation is 1. The molecule has 0 amide bonds. The average molecular weight is 283 g/mol. The van der Waals surface area contributed by atoms with Gasteiger partial charge in [0.1, 0.15) is 5.82 Å². The van der Waals surface area contributed by atoms with E-state index in [0.717, 1.165) is 11.6 Å². The molecule has 0 atom stereocenters. The van der Waals surface area contributed by atoms with Crippen LogP contribution < -0.4 is 5.32 Å². The molecule has 2 aromatic carbocycles. The maximum Gasteiger partial charge on any atom is 0.418 e. The monoisotopic (exact) mass is 283 g/mol. The zero-order valence-electron chi connectivity index (χ0n) is 10.8. The molecular weight excluding hydrogens is 270 g/mol. The maximum absolute atomic E-state index is 13.0. The lowest BCUT2D eigenvalue weighted by molar-refractivity contribution is -0.136. The molecule has 0 aliphatic rings. The van der Waals surface area contributed by atoms with E-state index in [0.29, 0.717) is 5.56 Å². The molecule has 106 valence electrons. The fraction of sp³-hybridized carbons (Fsp3) is 0.200. The van der Waals surface area contributed by atoms with Crippen molar-refractivity contribution in [2.75, 3.05) is 5.32 Å². The summed E-state index contributed by atoms with van der Waals surface area (Å²) in [6.45, 7) is 1.93. The number of benzene rings is 2. The van der Waals surface area contributed by atoms with Crippen LogP contribution in [0.25, 0.3) is 0 Å². The number of alkyl halides is 3. The number of para-hydroxylation sites is 1. The van der Waals surface area contributed by atoms with Crippen LogP contribution in [0.15, 0.2) is 42.5 Å². The van der Waals surface area contributed by atoms with Gasteiger partial charge in [-0.3, -0.25) is 0 Å². The Labute approximate surface area is 114 Å². The number of nitrogens with one attached hydrogen (secondary N) is 1. The second-order valence-corrected chi connectivity index (χ2v) is 4.47. The third kappa shape index (κ3) is 3.29. The van der Waals surface area contributed by atoms with Gasteiger partial charge in [-0.2, -0.15) is 13.2 Å². The number of anilines is 1. The van der Waals surface area contributed by atoms with E-state index >= 15 is 0 Å². The molecule has 0 fully saturated rings. The summed E-state index contributed by atoms with van der Waals surface area (Å²) in [5.74, 6) is -0.359. The van der Waals surface area contributed by atoms with Gasteiger partial charge in [0.25, 0.3) is 0 Å². The van der Waals surface area contributed by atoms with Crippen LogP contribution in [-0.2, 0) is 12.7 Å². The van der Waals surface area contributed by atoms with Gasteiger partial charge in [0, 0.05) is 12.2 Å². The topological polar surface area (TPSA) is 12.0 Å². The summed E-state index contributed by atoms with van der Waals surface area (Å²) in [5.41, 5.74) is 0.758. The van der Waals surface area contributed by atoms with Crippen molar-refractivity contribution in [2.45, 2.75) is 19.6 Å². The van der Waals surface area contributed by atoms with Crippen molar-refractivity contribution in [1.29, 1.82) is 0 Å². The summed E-state index contributed by atoms with van der Waals surface area (Å²) >= 11 is 0. The zero-order valence-corrected chi connectivity index (χ0v) is 10.8. The highest BCUT2D eigenvalue weighted by atomic mass is 19.4. The summed E-state index contributed by atoms with van der Waals surface area (Å²) < 4.78 is 51.4. The molecule has 0 radical (unpaired) electrons. The van der Waals surface area contributed by atoms with Crippen molar-refractivity contribution < 1.29 is 17.6 Å². The normalized spacial score (nSPS) is 11.4. The minimum atomic E-state index is -4.40. The summed E-state index contributed by atoms with van der Waals surface area (Å²) in [4.78, 5) is 0. The van der Waals surface area contributed by atoms with E-state index in [1.807, 2.05) is 0 Å². The van der Waals surface area contributed by atoms with Gasteiger partial charge in [0.2, 0.25) is 0 Å². The Morgan fingerprint density at radius 1 is 1.05 bits per heavy atom. The molecule has 0 aliphatic carbocycles. The second kappa shape index (κ2) is 5.53. The van der Waals surface area contributed by atoms with Crippen molar-refractivity contribution in [2.24, 2.45) is 0 Å². The fourth-order valence-corrected chi connectivity index (χ4v) is 1.93. The molecule has 0 aromatic heterocycles. The van der Waals surface area contributed by atoms with Crippen molar-refractivity contribution in [3.8, 4) is 0 Å². The number of halogens is 4. The molecule has 0 heterocycles. The molecule has 0 bridgehead atoms. The van der Waals surface area contributed by atoms with E-state index in [2.05, 4.69) is 5.32 Å². The molecule has 1 nitrogen and oxygen atoms in total. The minimum Gasteiger partial charge on any atom is -0.380 e. The van der Waals surface area contributed by atoms with Gasteiger partial charge >= 0.3 is 6.18 Å². The average Bonchev–Trinajstić information content (AvgIpc) is 2.37. The first-order valence-corrected chi connectivity index (χ1v) is 6.03. The molecular formula is C15H13F4N. The first-order valence-electron chi connectivity index (χ1n) is 6.03. The number of rotatable bonds is 3. The Kier molecular flexibility index (Phi) is 3.97. The highest BCUT2D eigenvalue weighted by Gasteiger charge is 2.33. The molecule has 1 N–H and O–H groups in total. The van der Waals surface area contributed by atoms with Gasteiger partial charge in [0.15, 0.2) is 0 Å². The lowest BCUT2D eigenvalue weighted by atomic mass is 10.1.